The fourth-order valence-corrected chi connectivity index (χ4v) is 0.488. The Morgan fingerprint density at radius 2 is 2.09 bits per heavy atom. The third-order valence-electron chi connectivity index (χ3n) is 1.06. The zero-order chi connectivity index (χ0) is 8.85. The Bertz CT molecular complexity index is 122. The molecule has 0 aromatic carbocycles. The molecule has 0 aliphatic rings. The van der Waals surface area contributed by atoms with Crippen LogP contribution >= 0.6 is 0 Å². The second-order valence-corrected chi connectivity index (χ2v) is 2.42. The summed E-state index contributed by atoms with van der Waals surface area (Å²) in [5.74, 6) is -0.661. The highest BCUT2D eigenvalue weighted by molar-refractivity contribution is 5.74. The van der Waals surface area contributed by atoms with Crippen LogP contribution in [0.3, 0.4) is 0 Å². The van der Waals surface area contributed by atoms with Crippen LogP contribution in [0.5, 0.6) is 0 Å². The van der Waals surface area contributed by atoms with Gasteiger partial charge in [0.15, 0.2) is 6.10 Å². The third kappa shape index (κ3) is 4.75. The van der Waals surface area contributed by atoms with Gasteiger partial charge in [0.05, 0.1) is 19.8 Å². The summed E-state index contributed by atoms with van der Waals surface area (Å²) >= 11 is 0. The maximum absolute atomic E-state index is 10.6. The summed E-state index contributed by atoms with van der Waals surface area (Å²) < 4.78 is 9.25. The smallest absolute Gasteiger partial charge is 0.337 e. The number of carbonyl (C=O) groups excluding carboxylic acids is 1. The Hall–Kier alpha value is -0.610. The normalized spacial score (nSPS) is 13.2. The van der Waals surface area contributed by atoms with E-state index in [0.29, 0.717) is 0 Å². The van der Waals surface area contributed by atoms with E-state index in [4.69, 9.17) is 9.84 Å². The Labute approximate surface area is 66.1 Å². The number of hydrogen-bond acceptors (Lipinski definition) is 4. The van der Waals surface area contributed by atoms with E-state index in [9.17, 15) is 4.79 Å². The van der Waals surface area contributed by atoms with Gasteiger partial charge in [-0.3, -0.25) is 0 Å². The van der Waals surface area contributed by atoms with Gasteiger partial charge in [0.25, 0.3) is 0 Å². The van der Waals surface area contributed by atoms with Gasteiger partial charge >= 0.3 is 5.97 Å². The van der Waals surface area contributed by atoms with E-state index < -0.39 is 12.1 Å². The van der Waals surface area contributed by atoms with E-state index in [2.05, 4.69) is 4.74 Å². The van der Waals surface area contributed by atoms with Gasteiger partial charge in [-0.15, -0.1) is 0 Å². The van der Waals surface area contributed by atoms with E-state index in [1.54, 1.807) is 0 Å². The SMILES string of the molecule is COC(=O)C(O)COC(C)C. The zero-order valence-corrected chi connectivity index (χ0v) is 7.03. The number of carbonyl (C=O) groups is 1. The topological polar surface area (TPSA) is 55.8 Å². The summed E-state index contributed by atoms with van der Waals surface area (Å²) in [7, 11) is 1.22. The fraction of sp³-hybridized carbons (Fsp3) is 0.857. The highest BCUT2D eigenvalue weighted by Crippen LogP contribution is 1.93. The minimum atomic E-state index is -1.16. The van der Waals surface area contributed by atoms with Gasteiger partial charge in [-0.25, -0.2) is 4.79 Å². The van der Waals surface area contributed by atoms with Crippen molar-refractivity contribution < 1.29 is 19.4 Å². The van der Waals surface area contributed by atoms with E-state index in [-0.39, 0.29) is 12.7 Å². The predicted molar refractivity (Wildman–Crippen MR) is 39.1 cm³/mol. The lowest BCUT2D eigenvalue weighted by Crippen LogP contribution is -2.28. The molecule has 0 saturated heterocycles. The second kappa shape index (κ2) is 5.09. The first-order valence-electron chi connectivity index (χ1n) is 3.45. The van der Waals surface area contributed by atoms with Gasteiger partial charge < -0.3 is 14.6 Å². The molecule has 0 rings (SSSR count). The van der Waals surface area contributed by atoms with E-state index >= 15 is 0 Å². The average Bonchev–Trinajstić information content (AvgIpc) is 1.98. The molecule has 1 unspecified atom stereocenters. The molecule has 4 heteroatoms. The summed E-state index contributed by atoms with van der Waals surface area (Å²) in [6.07, 6.45) is -1.16. The molecule has 0 amide bonds. The molecule has 0 spiro atoms. The van der Waals surface area contributed by atoms with Gasteiger partial charge in [-0.1, -0.05) is 0 Å². The molecule has 0 radical (unpaired) electrons. The molecule has 66 valence electrons. The first-order chi connectivity index (χ1) is 5.07. The molecule has 0 aromatic heterocycles. The van der Waals surface area contributed by atoms with Crippen molar-refractivity contribution in [1.82, 2.24) is 0 Å². The summed E-state index contributed by atoms with van der Waals surface area (Å²) in [5, 5.41) is 8.97. The Morgan fingerprint density at radius 1 is 1.55 bits per heavy atom. The largest absolute Gasteiger partial charge is 0.467 e. The van der Waals surface area contributed by atoms with Crippen LogP contribution in [0.15, 0.2) is 0 Å². The highest BCUT2D eigenvalue weighted by atomic mass is 16.5. The molecule has 0 fully saturated rings. The minimum Gasteiger partial charge on any atom is -0.467 e. The van der Waals surface area contributed by atoms with Crippen molar-refractivity contribution in [3.63, 3.8) is 0 Å². The van der Waals surface area contributed by atoms with Crippen molar-refractivity contribution in [2.75, 3.05) is 13.7 Å². The van der Waals surface area contributed by atoms with E-state index in [1.165, 1.54) is 7.11 Å². The summed E-state index contributed by atoms with van der Waals surface area (Å²) in [6, 6.07) is 0. The first-order valence-corrected chi connectivity index (χ1v) is 3.45. The molecular weight excluding hydrogens is 148 g/mol. The lowest BCUT2D eigenvalue weighted by Gasteiger charge is -2.10. The summed E-state index contributed by atoms with van der Waals surface area (Å²) in [6.45, 7) is 3.64. The molecular formula is C7H14O4. The van der Waals surface area contributed by atoms with Crippen LogP contribution in [-0.2, 0) is 14.3 Å². The first kappa shape index (κ1) is 10.4. The van der Waals surface area contributed by atoms with Crippen molar-refractivity contribution in [3.05, 3.63) is 0 Å². The van der Waals surface area contributed by atoms with E-state index in [0.717, 1.165) is 0 Å². The lowest BCUT2D eigenvalue weighted by molar-refractivity contribution is -0.154. The molecule has 4 nitrogen and oxygen atoms in total. The van der Waals surface area contributed by atoms with Crippen LogP contribution in [0.2, 0.25) is 0 Å². The van der Waals surface area contributed by atoms with Crippen LogP contribution in [0.1, 0.15) is 13.8 Å². The third-order valence-corrected chi connectivity index (χ3v) is 1.06. The molecule has 0 aliphatic carbocycles. The van der Waals surface area contributed by atoms with Gasteiger partial charge in [0.1, 0.15) is 0 Å². The lowest BCUT2D eigenvalue weighted by atomic mass is 10.4. The van der Waals surface area contributed by atoms with Crippen LogP contribution in [0.25, 0.3) is 0 Å². The monoisotopic (exact) mass is 162 g/mol. The minimum absolute atomic E-state index is 0.00862. The number of rotatable bonds is 4. The molecule has 0 aromatic rings. The molecule has 0 saturated carbocycles. The number of methoxy groups -OCH3 is 1. The standard InChI is InChI=1S/C7H14O4/c1-5(2)11-4-6(8)7(9)10-3/h5-6,8H,4H2,1-3H3. The van der Waals surface area contributed by atoms with Gasteiger partial charge in [-0.05, 0) is 13.8 Å². The predicted octanol–water partition coefficient (Wildman–Crippen LogP) is -0.0547. The number of hydrogen-bond donors (Lipinski definition) is 1. The van der Waals surface area contributed by atoms with Gasteiger partial charge in [-0.2, -0.15) is 0 Å². The molecule has 11 heavy (non-hydrogen) atoms. The Balaban J connectivity index is 3.52. The summed E-state index contributed by atoms with van der Waals surface area (Å²) in [5.41, 5.74) is 0. The van der Waals surface area contributed by atoms with Crippen molar-refractivity contribution in [1.29, 1.82) is 0 Å². The van der Waals surface area contributed by atoms with Crippen molar-refractivity contribution >= 4 is 5.97 Å². The maximum atomic E-state index is 10.6. The van der Waals surface area contributed by atoms with Gasteiger partial charge in [0, 0.05) is 0 Å². The average molecular weight is 162 g/mol. The Morgan fingerprint density at radius 3 is 2.45 bits per heavy atom. The van der Waals surface area contributed by atoms with Gasteiger partial charge in [0.2, 0.25) is 0 Å². The van der Waals surface area contributed by atoms with Crippen molar-refractivity contribution in [3.8, 4) is 0 Å². The molecule has 0 heterocycles. The number of aliphatic hydroxyl groups is 1. The van der Waals surface area contributed by atoms with Crippen molar-refractivity contribution in [2.45, 2.75) is 26.1 Å². The fourth-order valence-electron chi connectivity index (χ4n) is 0.488. The molecule has 0 bridgehead atoms. The number of esters is 1. The van der Waals surface area contributed by atoms with Crippen LogP contribution in [-0.4, -0.2) is 37.0 Å². The molecule has 1 atom stereocenters. The number of ether oxygens (including phenoxy) is 2. The molecule has 1 N–H and O–H groups in total. The quantitative estimate of drug-likeness (QED) is 0.589. The second-order valence-electron chi connectivity index (χ2n) is 2.42. The highest BCUT2D eigenvalue weighted by Gasteiger charge is 2.15. The Kier molecular flexibility index (Phi) is 4.81. The maximum Gasteiger partial charge on any atom is 0.337 e. The zero-order valence-electron chi connectivity index (χ0n) is 7.03. The summed E-state index contributed by atoms with van der Waals surface area (Å²) in [4.78, 5) is 10.6. The van der Waals surface area contributed by atoms with Crippen molar-refractivity contribution in [2.24, 2.45) is 0 Å². The van der Waals surface area contributed by atoms with Crippen LogP contribution in [0, 0.1) is 0 Å². The van der Waals surface area contributed by atoms with Crippen LogP contribution < -0.4 is 0 Å². The van der Waals surface area contributed by atoms with E-state index in [1.807, 2.05) is 13.8 Å². The van der Waals surface area contributed by atoms with Crippen LogP contribution in [0.4, 0.5) is 0 Å². The molecule has 0 aliphatic heterocycles. The number of aliphatic hydroxyl groups excluding tert-OH is 1.